The van der Waals surface area contributed by atoms with Crippen molar-refractivity contribution in [2.45, 2.75) is 36.2 Å². The quantitative estimate of drug-likeness (QED) is 0.813. The van der Waals surface area contributed by atoms with Crippen molar-refractivity contribution < 1.29 is 21.6 Å². The highest BCUT2D eigenvalue weighted by Crippen LogP contribution is 2.33. The van der Waals surface area contributed by atoms with E-state index >= 15 is 0 Å². The average molecular weight is 330 g/mol. The van der Waals surface area contributed by atoms with E-state index in [0.29, 0.717) is 6.42 Å². The van der Waals surface area contributed by atoms with Crippen molar-refractivity contribution in [1.29, 1.82) is 0 Å². The Morgan fingerprint density at radius 3 is 2.45 bits per heavy atom. The van der Waals surface area contributed by atoms with Crippen LogP contribution in [0.25, 0.3) is 0 Å². The summed E-state index contributed by atoms with van der Waals surface area (Å²) >= 11 is 5.85. The lowest BCUT2D eigenvalue weighted by atomic mass is 10.2. The van der Waals surface area contributed by atoms with Gasteiger partial charge in [0.05, 0.1) is 10.5 Å². The Morgan fingerprint density at radius 2 is 1.90 bits per heavy atom. The van der Waals surface area contributed by atoms with Gasteiger partial charge in [-0.2, -0.15) is 13.2 Å². The van der Waals surface area contributed by atoms with E-state index in [1.165, 1.54) is 6.07 Å². The number of halogens is 4. The summed E-state index contributed by atoms with van der Waals surface area (Å²) in [5, 5.41) is -0.451. The smallest absolute Gasteiger partial charge is 0.210 e. The molecule has 1 rings (SSSR count). The minimum atomic E-state index is -4.73. The molecule has 0 aliphatic heterocycles. The molecule has 0 aromatic heterocycles. The Labute approximate surface area is 121 Å². The first-order valence-electron chi connectivity index (χ1n) is 5.98. The first-order valence-corrected chi connectivity index (χ1v) is 7.90. The maximum atomic E-state index is 12.8. The van der Waals surface area contributed by atoms with Crippen molar-refractivity contribution in [2.75, 3.05) is 6.54 Å². The van der Waals surface area contributed by atoms with Gasteiger partial charge in [0.15, 0.2) is 0 Å². The molecular formula is C12H15ClF3NO2S. The summed E-state index contributed by atoms with van der Waals surface area (Å²) in [7, 11) is -4.24. The van der Waals surface area contributed by atoms with E-state index < -0.39 is 32.0 Å². The maximum Gasteiger partial charge on any atom is 0.417 e. The summed E-state index contributed by atoms with van der Waals surface area (Å²) in [6.45, 7) is 1.77. The molecule has 20 heavy (non-hydrogen) atoms. The molecule has 1 aromatic carbocycles. The third-order valence-corrected chi connectivity index (χ3v) is 4.43. The lowest BCUT2D eigenvalue weighted by Crippen LogP contribution is -2.31. The van der Waals surface area contributed by atoms with E-state index in [4.69, 9.17) is 11.6 Å². The highest BCUT2D eigenvalue weighted by molar-refractivity contribution is 7.89. The van der Waals surface area contributed by atoms with Crippen LogP contribution in [0.4, 0.5) is 13.2 Å². The normalized spacial score (nSPS) is 14.2. The monoisotopic (exact) mass is 329 g/mol. The summed E-state index contributed by atoms with van der Waals surface area (Å²) in [6, 6.07) is 4.05. The molecule has 1 aromatic rings. The van der Waals surface area contributed by atoms with E-state index in [2.05, 4.69) is 4.72 Å². The van der Waals surface area contributed by atoms with Crippen molar-refractivity contribution in [3.8, 4) is 0 Å². The molecule has 3 nitrogen and oxygen atoms in total. The molecule has 0 heterocycles. The molecule has 0 amide bonds. The molecule has 0 saturated carbocycles. The molecule has 1 N–H and O–H groups in total. The van der Waals surface area contributed by atoms with Crippen LogP contribution in [-0.2, 0) is 16.2 Å². The molecule has 0 aliphatic rings. The van der Waals surface area contributed by atoms with Crippen LogP contribution < -0.4 is 4.72 Å². The minimum Gasteiger partial charge on any atom is -0.210 e. The molecule has 0 aliphatic carbocycles. The number of alkyl halides is 4. The van der Waals surface area contributed by atoms with Gasteiger partial charge in [0, 0.05) is 11.9 Å². The standard InChI is InChI=1S/C12H15ClF3NO2S/c1-2-5-9(13)8-17-20(18,19)11-7-4-3-6-10(11)12(14,15)16/h3-4,6-7,9,17H,2,5,8H2,1H3. The molecular weight excluding hydrogens is 315 g/mol. The molecule has 0 saturated heterocycles. The first kappa shape index (κ1) is 17.3. The van der Waals surface area contributed by atoms with Gasteiger partial charge < -0.3 is 0 Å². The topological polar surface area (TPSA) is 46.2 Å². The third-order valence-electron chi connectivity index (χ3n) is 2.58. The van der Waals surface area contributed by atoms with E-state index in [0.717, 1.165) is 24.6 Å². The molecule has 0 spiro atoms. The Kier molecular flexibility index (Phi) is 5.85. The summed E-state index contributed by atoms with van der Waals surface area (Å²) in [6.07, 6.45) is -3.39. The summed E-state index contributed by atoms with van der Waals surface area (Å²) in [5.41, 5.74) is -1.19. The predicted octanol–water partition coefficient (Wildman–Crippen LogP) is 3.39. The van der Waals surface area contributed by atoms with E-state index in [9.17, 15) is 21.6 Å². The van der Waals surface area contributed by atoms with Gasteiger partial charge in [-0.05, 0) is 18.6 Å². The largest absolute Gasteiger partial charge is 0.417 e. The van der Waals surface area contributed by atoms with Crippen LogP contribution >= 0.6 is 11.6 Å². The predicted molar refractivity (Wildman–Crippen MR) is 71.2 cm³/mol. The van der Waals surface area contributed by atoms with Crippen molar-refractivity contribution in [3.05, 3.63) is 29.8 Å². The van der Waals surface area contributed by atoms with Crippen LogP contribution in [0.1, 0.15) is 25.3 Å². The van der Waals surface area contributed by atoms with E-state index in [1.54, 1.807) is 0 Å². The Morgan fingerprint density at radius 1 is 1.30 bits per heavy atom. The zero-order chi connectivity index (χ0) is 15.4. The van der Waals surface area contributed by atoms with Crippen LogP contribution in [0.15, 0.2) is 29.2 Å². The van der Waals surface area contributed by atoms with Gasteiger partial charge in [-0.15, -0.1) is 11.6 Å². The third kappa shape index (κ3) is 4.64. The van der Waals surface area contributed by atoms with Crippen LogP contribution in [0.2, 0.25) is 0 Å². The van der Waals surface area contributed by atoms with Gasteiger partial charge in [-0.25, -0.2) is 13.1 Å². The van der Waals surface area contributed by atoms with Gasteiger partial charge in [0.1, 0.15) is 0 Å². The second-order valence-electron chi connectivity index (χ2n) is 4.23. The van der Waals surface area contributed by atoms with Gasteiger partial charge in [0.2, 0.25) is 10.0 Å². The highest BCUT2D eigenvalue weighted by Gasteiger charge is 2.36. The van der Waals surface area contributed by atoms with Crippen molar-refractivity contribution in [1.82, 2.24) is 4.72 Å². The number of rotatable bonds is 6. The van der Waals surface area contributed by atoms with Gasteiger partial charge in [-0.3, -0.25) is 0 Å². The van der Waals surface area contributed by atoms with Crippen molar-refractivity contribution in [3.63, 3.8) is 0 Å². The second-order valence-corrected chi connectivity index (χ2v) is 6.58. The summed E-state index contributed by atoms with van der Waals surface area (Å²) in [5.74, 6) is 0. The van der Waals surface area contributed by atoms with E-state index in [1.807, 2.05) is 6.92 Å². The van der Waals surface area contributed by atoms with Gasteiger partial charge >= 0.3 is 6.18 Å². The molecule has 114 valence electrons. The Bertz CT molecular complexity index is 546. The molecule has 0 fully saturated rings. The minimum absolute atomic E-state index is 0.107. The maximum absolute atomic E-state index is 12.8. The van der Waals surface area contributed by atoms with E-state index in [-0.39, 0.29) is 6.54 Å². The zero-order valence-electron chi connectivity index (χ0n) is 10.7. The summed E-state index contributed by atoms with van der Waals surface area (Å²) in [4.78, 5) is -0.784. The van der Waals surface area contributed by atoms with Crippen molar-refractivity contribution in [2.24, 2.45) is 0 Å². The SMILES string of the molecule is CCCC(Cl)CNS(=O)(=O)c1ccccc1C(F)(F)F. The molecule has 0 radical (unpaired) electrons. The lowest BCUT2D eigenvalue weighted by Gasteiger charge is -2.15. The van der Waals surface area contributed by atoms with Crippen LogP contribution in [0.3, 0.4) is 0 Å². The molecule has 1 unspecified atom stereocenters. The Balaban J connectivity index is 2.99. The summed E-state index contributed by atoms with van der Waals surface area (Å²) < 4.78 is 64.3. The molecule has 0 bridgehead atoms. The number of sulfonamides is 1. The lowest BCUT2D eigenvalue weighted by molar-refractivity contribution is -0.139. The average Bonchev–Trinajstić information content (AvgIpc) is 2.36. The fourth-order valence-electron chi connectivity index (χ4n) is 1.63. The fraction of sp³-hybridized carbons (Fsp3) is 0.500. The van der Waals surface area contributed by atoms with Crippen LogP contribution in [0, 0.1) is 0 Å². The number of nitrogens with one attached hydrogen (secondary N) is 1. The van der Waals surface area contributed by atoms with Gasteiger partial charge in [0.25, 0.3) is 0 Å². The number of benzene rings is 1. The van der Waals surface area contributed by atoms with Gasteiger partial charge in [-0.1, -0.05) is 25.5 Å². The van der Waals surface area contributed by atoms with Crippen molar-refractivity contribution >= 4 is 21.6 Å². The highest BCUT2D eigenvalue weighted by atomic mass is 35.5. The van der Waals surface area contributed by atoms with Crippen LogP contribution in [0.5, 0.6) is 0 Å². The molecule has 8 heteroatoms. The zero-order valence-corrected chi connectivity index (χ0v) is 12.3. The first-order chi connectivity index (χ1) is 9.18. The Hall–Kier alpha value is -0.790. The number of hydrogen-bond donors (Lipinski definition) is 1. The fourth-order valence-corrected chi connectivity index (χ4v) is 3.32. The van der Waals surface area contributed by atoms with Crippen LogP contribution in [-0.4, -0.2) is 20.3 Å². The molecule has 1 atom stereocenters. The second kappa shape index (κ2) is 6.78. The number of hydrogen-bond acceptors (Lipinski definition) is 2.